The molecule has 0 amide bonds. The number of aryl methyl sites for hydroxylation is 1. The molecule has 2 rings (SSSR count). The third-order valence-corrected chi connectivity index (χ3v) is 3.50. The van der Waals surface area contributed by atoms with Crippen LogP contribution in [0.2, 0.25) is 10.0 Å². The highest BCUT2D eigenvalue weighted by molar-refractivity contribution is 7.80. The lowest BCUT2D eigenvalue weighted by molar-refractivity contribution is 1.46. The Bertz CT molecular complexity index is 614. The van der Waals surface area contributed by atoms with E-state index in [1.807, 2.05) is 43.3 Å². The molecule has 0 aliphatic carbocycles. The Labute approximate surface area is 127 Å². The summed E-state index contributed by atoms with van der Waals surface area (Å²) in [7, 11) is 0. The van der Waals surface area contributed by atoms with E-state index in [0.717, 1.165) is 11.3 Å². The zero-order valence-corrected chi connectivity index (χ0v) is 12.5. The molecule has 98 valence electrons. The third kappa shape index (κ3) is 3.83. The van der Waals surface area contributed by atoms with Gasteiger partial charge in [0.25, 0.3) is 0 Å². The molecule has 2 nitrogen and oxygen atoms in total. The number of halogens is 2. The fourth-order valence-corrected chi connectivity index (χ4v) is 2.18. The van der Waals surface area contributed by atoms with Gasteiger partial charge in [-0.05, 0) is 49.0 Å². The van der Waals surface area contributed by atoms with Crippen LogP contribution in [-0.4, -0.2) is 5.11 Å². The molecular weight excluding hydrogens is 299 g/mol. The van der Waals surface area contributed by atoms with E-state index in [9.17, 15) is 0 Å². The van der Waals surface area contributed by atoms with E-state index in [1.165, 1.54) is 0 Å². The van der Waals surface area contributed by atoms with Crippen LogP contribution in [0.3, 0.4) is 0 Å². The second-order valence-corrected chi connectivity index (χ2v) is 5.24. The summed E-state index contributed by atoms with van der Waals surface area (Å²) in [4.78, 5) is 0. The topological polar surface area (TPSA) is 24.1 Å². The quantitative estimate of drug-likeness (QED) is 0.754. The Kier molecular flexibility index (Phi) is 4.64. The van der Waals surface area contributed by atoms with Gasteiger partial charge in [-0.1, -0.05) is 41.4 Å². The maximum Gasteiger partial charge on any atom is 0.175 e. The van der Waals surface area contributed by atoms with Gasteiger partial charge in [0.05, 0.1) is 15.7 Å². The number of hydrogen-bond acceptors (Lipinski definition) is 1. The Morgan fingerprint density at radius 1 is 1.05 bits per heavy atom. The molecule has 0 bridgehead atoms. The minimum atomic E-state index is 0.456. The fourth-order valence-electron chi connectivity index (χ4n) is 1.61. The van der Waals surface area contributed by atoms with Crippen molar-refractivity contribution in [2.75, 3.05) is 10.6 Å². The number of rotatable bonds is 2. The van der Waals surface area contributed by atoms with Crippen molar-refractivity contribution in [1.82, 2.24) is 0 Å². The largest absolute Gasteiger partial charge is 0.332 e. The average molecular weight is 311 g/mol. The number of benzene rings is 2. The van der Waals surface area contributed by atoms with Crippen molar-refractivity contribution in [2.45, 2.75) is 6.92 Å². The van der Waals surface area contributed by atoms with Crippen molar-refractivity contribution < 1.29 is 0 Å². The van der Waals surface area contributed by atoms with Crippen molar-refractivity contribution in [2.24, 2.45) is 0 Å². The molecular formula is C14H12Cl2N2S. The molecule has 2 N–H and O–H groups in total. The van der Waals surface area contributed by atoms with E-state index in [0.29, 0.717) is 20.8 Å². The first kappa shape index (κ1) is 14.1. The highest BCUT2D eigenvalue weighted by Crippen LogP contribution is 2.29. The molecule has 0 aliphatic rings. The number of thiocarbonyl (C=S) groups is 1. The van der Waals surface area contributed by atoms with Crippen LogP contribution in [0.25, 0.3) is 0 Å². The first-order valence-electron chi connectivity index (χ1n) is 5.65. The Hall–Kier alpha value is -1.29. The monoisotopic (exact) mass is 310 g/mol. The van der Waals surface area contributed by atoms with Crippen LogP contribution in [0.15, 0.2) is 42.5 Å². The van der Waals surface area contributed by atoms with E-state index in [2.05, 4.69) is 10.6 Å². The molecule has 0 unspecified atom stereocenters. The van der Waals surface area contributed by atoms with Gasteiger partial charge in [0.15, 0.2) is 5.11 Å². The number of anilines is 2. The summed E-state index contributed by atoms with van der Waals surface area (Å²) in [6.45, 7) is 2.02. The van der Waals surface area contributed by atoms with Crippen LogP contribution in [-0.2, 0) is 0 Å². The standard InChI is InChI=1S/C14H12Cl2N2S/c1-9-4-2-5-10(8-9)17-14(19)18-12-7-3-6-11(15)13(12)16/h2-8H,1H3,(H2,17,18,19). The SMILES string of the molecule is Cc1cccc(NC(=S)Nc2cccc(Cl)c2Cl)c1. The van der Waals surface area contributed by atoms with E-state index >= 15 is 0 Å². The number of hydrogen-bond donors (Lipinski definition) is 2. The first-order valence-corrected chi connectivity index (χ1v) is 6.81. The smallest absolute Gasteiger partial charge is 0.175 e. The molecule has 5 heteroatoms. The predicted octanol–water partition coefficient (Wildman–Crippen LogP) is 5.11. The molecule has 0 aromatic heterocycles. The highest BCUT2D eigenvalue weighted by atomic mass is 35.5. The van der Waals surface area contributed by atoms with Crippen LogP contribution in [0.1, 0.15) is 5.56 Å². The maximum absolute atomic E-state index is 6.08. The summed E-state index contributed by atoms with van der Waals surface area (Å²) >= 11 is 17.3. The highest BCUT2D eigenvalue weighted by Gasteiger charge is 2.06. The third-order valence-electron chi connectivity index (χ3n) is 2.48. The van der Waals surface area contributed by atoms with Gasteiger partial charge in [0, 0.05) is 5.69 Å². The summed E-state index contributed by atoms with van der Waals surface area (Å²) < 4.78 is 0. The molecule has 0 heterocycles. The zero-order valence-electron chi connectivity index (χ0n) is 10.2. The van der Waals surface area contributed by atoms with Gasteiger partial charge >= 0.3 is 0 Å². The van der Waals surface area contributed by atoms with Crippen LogP contribution >= 0.6 is 35.4 Å². The molecule has 0 fully saturated rings. The Morgan fingerprint density at radius 2 is 1.79 bits per heavy atom. The van der Waals surface area contributed by atoms with Crippen molar-refractivity contribution >= 4 is 51.9 Å². The lowest BCUT2D eigenvalue weighted by Crippen LogP contribution is -2.19. The van der Waals surface area contributed by atoms with Crippen LogP contribution < -0.4 is 10.6 Å². The van der Waals surface area contributed by atoms with Crippen LogP contribution in [0.4, 0.5) is 11.4 Å². The molecule has 0 radical (unpaired) electrons. The van der Waals surface area contributed by atoms with Gasteiger partial charge in [-0.25, -0.2) is 0 Å². The van der Waals surface area contributed by atoms with E-state index in [-0.39, 0.29) is 0 Å². The Balaban J connectivity index is 2.08. The average Bonchev–Trinajstić information content (AvgIpc) is 2.35. The Morgan fingerprint density at radius 3 is 2.53 bits per heavy atom. The molecule has 19 heavy (non-hydrogen) atoms. The normalized spacial score (nSPS) is 10.1. The molecule has 0 saturated carbocycles. The maximum atomic E-state index is 6.08. The second kappa shape index (κ2) is 6.24. The van der Waals surface area contributed by atoms with Gasteiger partial charge in [0.2, 0.25) is 0 Å². The van der Waals surface area contributed by atoms with E-state index in [4.69, 9.17) is 35.4 Å². The predicted molar refractivity (Wildman–Crippen MR) is 87.5 cm³/mol. The second-order valence-electron chi connectivity index (χ2n) is 4.05. The van der Waals surface area contributed by atoms with Gasteiger partial charge in [-0.3, -0.25) is 0 Å². The van der Waals surface area contributed by atoms with Gasteiger partial charge in [-0.2, -0.15) is 0 Å². The van der Waals surface area contributed by atoms with Crippen LogP contribution in [0.5, 0.6) is 0 Å². The van der Waals surface area contributed by atoms with Crippen molar-refractivity contribution in [1.29, 1.82) is 0 Å². The minimum Gasteiger partial charge on any atom is -0.332 e. The lowest BCUT2D eigenvalue weighted by Gasteiger charge is -2.12. The summed E-state index contributed by atoms with van der Waals surface area (Å²) in [5, 5.41) is 7.53. The number of nitrogens with one attached hydrogen (secondary N) is 2. The molecule has 0 atom stereocenters. The molecule has 0 spiro atoms. The van der Waals surface area contributed by atoms with Gasteiger partial charge in [0.1, 0.15) is 0 Å². The summed E-state index contributed by atoms with van der Waals surface area (Å²) in [6, 6.07) is 13.3. The van der Waals surface area contributed by atoms with Gasteiger partial charge < -0.3 is 10.6 Å². The van der Waals surface area contributed by atoms with Crippen molar-refractivity contribution in [3.63, 3.8) is 0 Å². The molecule has 2 aromatic carbocycles. The summed E-state index contributed by atoms with van der Waals surface area (Å²) in [6.07, 6.45) is 0. The van der Waals surface area contributed by atoms with E-state index in [1.54, 1.807) is 6.07 Å². The minimum absolute atomic E-state index is 0.456. The lowest BCUT2D eigenvalue weighted by atomic mass is 10.2. The molecule has 2 aromatic rings. The van der Waals surface area contributed by atoms with E-state index < -0.39 is 0 Å². The van der Waals surface area contributed by atoms with Gasteiger partial charge in [-0.15, -0.1) is 0 Å². The fraction of sp³-hybridized carbons (Fsp3) is 0.0714. The summed E-state index contributed by atoms with van der Waals surface area (Å²) in [5.74, 6) is 0. The molecule has 0 aliphatic heterocycles. The summed E-state index contributed by atoms with van der Waals surface area (Å²) in [5.41, 5.74) is 2.77. The van der Waals surface area contributed by atoms with Crippen molar-refractivity contribution in [3.05, 3.63) is 58.1 Å². The van der Waals surface area contributed by atoms with Crippen LogP contribution in [0, 0.1) is 6.92 Å². The first-order chi connectivity index (χ1) is 9.06. The molecule has 0 saturated heterocycles. The zero-order chi connectivity index (χ0) is 13.8. The van der Waals surface area contributed by atoms with Crippen molar-refractivity contribution in [3.8, 4) is 0 Å².